The molecule has 0 fully saturated rings. The molecule has 43 heavy (non-hydrogen) atoms. The SMILES string of the molecule is c1ccc2c(c1)ccc1c2c2c3ccccc3ccc2n1-c1cccc2c1oc1cccc(-c3nc4ccccc4o3)c12. The van der Waals surface area contributed by atoms with Crippen molar-refractivity contribution in [2.75, 3.05) is 0 Å². The average Bonchev–Trinajstić information content (AvgIpc) is 3.76. The summed E-state index contributed by atoms with van der Waals surface area (Å²) in [6.07, 6.45) is 0. The van der Waals surface area contributed by atoms with E-state index in [1.165, 1.54) is 32.3 Å². The van der Waals surface area contributed by atoms with Crippen molar-refractivity contribution in [2.24, 2.45) is 0 Å². The molecule has 0 atom stereocenters. The minimum Gasteiger partial charge on any atom is -0.454 e. The van der Waals surface area contributed by atoms with Crippen molar-refractivity contribution in [3.05, 3.63) is 133 Å². The van der Waals surface area contributed by atoms with E-state index in [0.717, 1.165) is 55.3 Å². The Labute approximate surface area is 245 Å². The van der Waals surface area contributed by atoms with Gasteiger partial charge in [-0.2, -0.15) is 0 Å². The molecular formula is C39H22N2O2. The molecule has 0 amide bonds. The van der Waals surface area contributed by atoms with Crippen LogP contribution in [0.25, 0.3) is 93.5 Å². The number of aromatic nitrogens is 2. The molecule has 200 valence electrons. The van der Waals surface area contributed by atoms with Crippen LogP contribution >= 0.6 is 0 Å². The van der Waals surface area contributed by atoms with Crippen LogP contribution in [0.1, 0.15) is 0 Å². The van der Waals surface area contributed by atoms with Crippen LogP contribution in [0.15, 0.2) is 142 Å². The van der Waals surface area contributed by atoms with Gasteiger partial charge in [-0.1, -0.05) is 91.0 Å². The number of benzene rings is 7. The Bertz CT molecular complexity index is 2620. The molecule has 0 saturated carbocycles. The Morgan fingerprint density at radius 3 is 1.84 bits per heavy atom. The van der Waals surface area contributed by atoms with Crippen LogP contribution in [-0.4, -0.2) is 9.55 Å². The second kappa shape index (κ2) is 8.34. The van der Waals surface area contributed by atoms with Gasteiger partial charge < -0.3 is 13.4 Å². The van der Waals surface area contributed by atoms with E-state index in [-0.39, 0.29) is 0 Å². The summed E-state index contributed by atoms with van der Waals surface area (Å²) in [6.45, 7) is 0. The van der Waals surface area contributed by atoms with Crippen molar-refractivity contribution in [2.45, 2.75) is 0 Å². The Kier molecular flexibility index (Phi) is 4.42. The van der Waals surface area contributed by atoms with Crippen molar-refractivity contribution < 1.29 is 8.83 Å². The molecular weight excluding hydrogens is 528 g/mol. The molecule has 0 bridgehead atoms. The van der Waals surface area contributed by atoms with Crippen molar-refractivity contribution in [3.63, 3.8) is 0 Å². The lowest BCUT2D eigenvalue weighted by Gasteiger charge is -2.09. The van der Waals surface area contributed by atoms with Crippen LogP contribution in [0, 0.1) is 0 Å². The van der Waals surface area contributed by atoms with Gasteiger partial charge in [-0.05, 0) is 64.0 Å². The maximum Gasteiger partial charge on any atom is 0.228 e. The molecule has 0 saturated heterocycles. The number of nitrogens with zero attached hydrogens (tertiary/aromatic N) is 2. The minimum atomic E-state index is 0.592. The normalized spacial score (nSPS) is 12.2. The summed E-state index contributed by atoms with van der Waals surface area (Å²) in [5.41, 5.74) is 7.47. The van der Waals surface area contributed by atoms with Crippen LogP contribution in [-0.2, 0) is 0 Å². The highest BCUT2D eigenvalue weighted by atomic mass is 16.3. The zero-order valence-corrected chi connectivity index (χ0v) is 22.9. The third-order valence-electron chi connectivity index (χ3n) is 8.81. The number of para-hydroxylation sites is 3. The van der Waals surface area contributed by atoms with Gasteiger partial charge in [0.2, 0.25) is 5.89 Å². The number of rotatable bonds is 2. The number of furan rings is 1. The number of hydrogen-bond donors (Lipinski definition) is 0. The molecule has 4 nitrogen and oxygen atoms in total. The zero-order valence-electron chi connectivity index (χ0n) is 22.9. The van der Waals surface area contributed by atoms with Crippen molar-refractivity contribution in [1.82, 2.24) is 9.55 Å². The van der Waals surface area contributed by atoms with E-state index in [1.807, 2.05) is 36.4 Å². The largest absolute Gasteiger partial charge is 0.454 e. The molecule has 0 spiro atoms. The molecule has 4 heteroatoms. The first-order valence-corrected chi connectivity index (χ1v) is 14.5. The van der Waals surface area contributed by atoms with Crippen molar-refractivity contribution in [1.29, 1.82) is 0 Å². The molecule has 3 heterocycles. The highest BCUT2D eigenvalue weighted by molar-refractivity contribution is 6.29. The van der Waals surface area contributed by atoms with E-state index in [4.69, 9.17) is 13.8 Å². The van der Waals surface area contributed by atoms with Gasteiger partial charge in [0.25, 0.3) is 0 Å². The van der Waals surface area contributed by atoms with Gasteiger partial charge in [0.1, 0.15) is 11.1 Å². The highest BCUT2D eigenvalue weighted by Gasteiger charge is 2.22. The van der Waals surface area contributed by atoms with Gasteiger partial charge in [0, 0.05) is 27.1 Å². The lowest BCUT2D eigenvalue weighted by Crippen LogP contribution is -1.94. The van der Waals surface area contributed by atoms with E-state index in [1.54, 1.807) is 0 Å². The topological polar surface area (TPSA) is 44.1 Å². The smallest absolute Gasteiger partial charge is 0.228 e. The lowest BCUT2D eigenvalue weighted by atomic mass is 10.00. The van der Waals surface area contributed by atoms with Gasteiger partial charge >= 0.3 is 0 Å². The molecule has 3 aromatic heterocycles. The van der Waals surface area contributed by atoms with Gasteiger partial charge in [-0.15, -0.1) is 0 Å². The minimum absolute atomic E-state index is 0.592. The number of oxazole rings is 1. The Morgan fingerprint density at radius 1 is 0.465 bits per heavy atom. The third-order valence-corrected chi connectivity index (χ3v) is 8.81. The van der Waals surface area contributed by atoms with Crippen LogP contribution in [0.5, 0.6) is 0 Å². The van der Waals surface area contributed by atoms with E-state index >= 15 is 0 Å². The molecule has 10 aromatic rings. The fourth-order valence-corrected chi connectivity index (χ4v) is 6.98. The maximum atomic E-state index is 6.73. The molecule has 0 N–H and O–H groups in total. The summed E-state index contributed by atoms with van der Waals surface area (Å²) in [4.78, 5) is 4.82. The molecule has 0 unspecified atom stereocenters. The zero-order chi connectivity index (χ0) is 28.1. The second-order valence-electron chi connectivity index (χ2n) is 11.1. The first kappa shape index (κ1) is 22.8. The van der Waals surface area contributed by atoms with E-state index in [9.17, 15) is 0 Å². The van der Waals surface area contributed by atoms with Crippen LogP contribution < -0.4 is 0 Å². The van der Waals surface area contributed by atoms with Crippen LogP contribution in [0.3, 0.4) is 0 Å². The molecule has 0 aliphatic rings. The summed E-state index contributed by atoms with van der Waals surface area (Å²) in [6, 6.07) is 46.6. The summed E-state index contributed by atoms with van der Waals surface area (Å²) in [5.74, 6) is 0.592. The highest BCUT2D eigenvalue weighted by Crippen LogP contribution is 2.44. The third kappa shape index (κ3) is 3.07. The average molecular weight is 551 g/mol. The first-order valence-electron chi connectivity index (χ1n) is 14.5. The second-order valence-corrected chi connectivity index (χ2v) is 11.1. The van der Waals surface area contributed by atoms with Gasteiger partial charge in [0.05, 0.1) is 16.7 Å². The lowest BCUT2D eigenvalue weighted by molar-refractivity contribution is 0.620. The fraction of sp³-hybridized carbons (Fsp3) is 0. The molecule has 0 aliphatic heterocycles. The standard InChI is InChI=1S/C39H22N2O2/c1-3-11-25-23(9-1)19-21-30-36(25)37-26-12-4-2-10-24(26)20-22-31(37)41(30)32-16-7-13-27-35-28(14-8-18-34(35)42-38(27)32)39-40-29-15-5-6-17-33(29)43-39/h1-22H. The predicted molar refractivity (Wildman–Crippen MR) is 176 cm³/mol. The Hall–Kier alpha value is -5.87. The summed E-state index contributed by atoms with van der Waals surface area (Å²) in [5, 5.41) is 9.49. The Balaban J connectivity index is 1.34. The summed E-state index contributed by atoms with van der Waals surface area (Å²) in [7, 11) is 0. The van der Waals surface area contributed by atoms with Gasteiger partial charge in [-0.25, -0.2) is 4.98 Å². The number of fused-ring (bicyclic) bond motifs is 11. The van der Waals surface area contributed by atoms with Crippen molar-refractivity contribution in [3.8, 4) is 17.1 Å². The fourth-order valence-electron chi connectivity index (χ4n) is 6.98. The van der Waals surface area contributed by atoms with Crippen LogP contribution in [0.2, 0.25) is 0 Å². The number of hydrogen-bond acceptors (Lipinski definition) is 3. The van der Waals surface area contributed by atoms with E-state index in [0.29, 0.717) is 5.89 Å². The maximum absolute atomic E-state index is 6.73. The molecule has 0 radical (unpaired) electrons. The van der Waals surface area contributed by atoms with Gasteiger partial charge in [0.15, 0.2) is 11.2 Å². The van der Waals surface area contributed by atoms with Gasteiger partial charge in [-0.3, -0.25) is 0 Å². The van der Waals surface area contributed by atoms with E-state index in [2.05, 4.69) is 102 Å². The van der Waals surface area contributed by atoms with E-state index < -0.39 is 0 Å². The molecule has 7 aromatic carbocycles. The monoisotopic (exact) mass is 550 g/mol. The predicted octanol–water partition coefficient (Wildman–Crippen LogP) is 10.8. The first-order chi connectivity index (χ1) is 21.3. The van der Waals surface area contributed by atoms with Crippen molar-refractivity contribution >= 4 is 76.4 Å². The summed E-state index contributed by atoms with van der Waals surface area (Å²) < 4.78 is 15.3. The Morgan fingerprint density at radius 2 is 1.09 bits per heavy atom. The van der Waals surface area contributed by atoms with Crippen LogP contribution in [0.4, 0.5) is 0 Å². The molecule has 0 aliphatic carbocycles. The quantitative estimate of drug-likeness (QED) is 0.215. The molecule has 10 rings (SSSR count). The summed E-state index contributed by atoms with van der Waals surface area (Å²) >= 11 is 0.